The summed E-state index contributed by atoms with van der Waals surface area (Å²) in [6, 6.07) is 16.7. The number of methoxy groups -OCH3 is 1. The second-order valence-corrected chi connectivity index (χ2v) is 5.05. The molecule has 2 aromatic carbocycles. The lowest BCUT2D eigenvalue weighted by Crippen LogP contribution is -2.01. The molecule has 25 heavy (non-hydrogen) atoms. The molecule has 126 valence electrons. The summed E-state index contributed by atoms with van der Waals surface area (Å²) in [6.07, 6.45) is 2.96. The lowest BCUT2D eigenvalue weighted by atomic mass is 10.2. The fourth-order valence-corrected chi connectivity index (χ4v) is 2.15. The summed E-state index contributed by atoms with van der Waals surface area (Å²) in [5, 5.41) is 7.81. The van der Waals surface area contributed by atoms with Crippen molar-refractivity contribution < 1.29 is 18.7 Å². The molecule has 0 fully saturated rings. The van der Waals surface area contributed by atoms with Gasteiger partial charge in [0.1, 0.15) is 5.75 Å². The van der Waals surface area contributed by atoms with Crippen LogP contribution in [0.4, 0.5) is 0 Å². The minimum Gasteiger partial charge on any atom is -0.496 e. The average Bonchev–Trinajstić information content (AvgIpc) is 3.14. The number of hydrogen-bond donors (Lipinski definition) is 0. The molecule has 1 heterocycles. The van der Waals surface area contributed by atoms with Crippen molar-refractivity contribution >= 4 is 12.0 Å². The number of carbonyl (C=O) groups is 1. The van der Waals surface area contributed by atoms with E-state index >= 15 is 0 Å². The van der Waals surface area contributed by atoms with Crippen LogP contribution in [0, 0.1) is 0 Å². The summed E-state index contributed by atoms with van der Waals surface area (Å²) in [6.45, 7) is -0.0884. The van der Waals surface area contributed by atoms with E-state index in [0.717, 1.165) is 11.1 Å². The highest BCUT2D eigenvalue weighted by Gasteiger charge is 2.09. The maximum Gasteiger partial charge on any atom is 0.331 e. The number of aromatic nitrogens is 2. The largest absolute Gasteiger partial charge is 0.496 e. The zero-order valence-electron chi connectivity index (χ0n) is 13.6. The SMILES string of the molecule is COc1ccccc1/C=C/C(=O)OCc1nnc(-c2ccccc2)o1. The van der Waals surface area contributed by atoms with Crippen molar-refractivity contribution in [2.75, 3.05) is 7.11 Å². The second kappa shape index (κ2) is 7.92. The van der Waals surface area contributed by atoms with Gasteiger partial charge in [-0.15, -0.1) is 10.2 Å². The highest BCUT2D eigenvalue weighted by atomic mass is 16.5. The molecule has 3 aromatic rings. The Bertz CT molecular complexity index is 872. The van der Waals surface area contributed by atoms with E-state index in [2.05, 4.69) is 10.2 Å². The number of hydrogen-bond acceptors (Lipinski definition) is 6. The first-order valence-electron chi connectivity index (χ1n) is 7.62. The molecule has 6 nitrogen and oxygen atoms in total. The van der Waals surface area contributed by atoms with Crippen molar-refractivity contribution in [3.8, 4) is 17.2 Å². The smallest absolute Gasteiger partial charge is 0.331 e. The number of esters is 1. The van der Waals surface area contributed by atoms with Gasteiger partial charge >= 0.3 is 5.97 Å². The number of rotatable bonds is 6. The molecule has 0 amide bonds. The lowest BCUT2D eigenvalue weighted by Gasteiger charge is -2.03. The van der Waals surface area contributed by atoms with Gasteiger partial charge in [-0.2, -0.15) is 0 Å². The van der Waals surface area contributed by atoms with Crippen LogP contribution in [0.3, 0.4) is 0 Å². The molecular weight excluding hydrogens is 320 g/mol. The van der Waals surface area contributed by atoms with E-state index in [-0.39, 0.29) is 12.5 Å². The van der Waals surface area contributed by atoms with Crippen LogP contribution >= 0.6 is 0 Å². The number of carbonyl (C=O) groups excluding carboxylic acids is 1. The van der Waals surface area contributed by atoms with Gasteiger partial charge in [-0.05, 0) is 24.3 Å². The van der Waals surface area contributed by atoms with Crippen LogP contribution in [0.25, 0.3) is 17.5 Å². The van der Waals surface area contributed by atoms with Crippen molar-refractivity contribution in [2.45, 2.75) is 6.61 Å². The van der Waals surface area contributed by atoms with Crippen LogP contribution in [0.5, 0.6) is 5.75 Å². The molecule has 6 heteroatoms. The van der Waals surface area contributed by atoms with Crippen LogP contribution in [-0.4, -0.2) is 23.3 Å². The van der Waals surface area contributed by atoms with Crippen molar-refractivity contribution in [3.05, 3.63) is 72.1 Å². The monoisotopic (exact) mass is 336 g/mol. The molecule has 0 N–H and O–H groups in total. The lowest BCUT2D eigenvalue weighted by molar-refractivity contribution is -0.139. The number of ether oxygens (including phenoxy) is 2. The molecule has 0 aliphatic heterocycles. The first-order chi connectivity index (χ1) is 12.3. The summed E-state index contributed by atoms with van der Waals surface area (Å²) in [7, 11) is 1.57. The van der Waals surface area contributed by atoms with Gasteiger partial charge in [0.15, 0.2) is 6.61 Å². The van der Waals surface area contributed by atoms with Crippen LogP contribution in [0.15, 0.2) is 65.1 Å². The predicted octanol–water partition coefficient (Wildman–Crippen LogP) is 3.50. The molecule has 0 unspecified atom stereocenters. The molecule has 0 saturated carbocycles. The zero-order chi connectivity index (χ0) is 17.5. The molecule has 3 rings (SSSR count). The van der Waals surface area contributed by atoms with Crippen molar-refractivity contribution in [1.82, 2.24) is 10.2 Å². The van der Waals surface area contributed by atoms with Gasteiger partial charge in [0, 0.05) is 17.2 Å². The third kappa shape index (κ3) is 4.32. The van der Waals surface area contributed by atoms with E-state index in [1.165, 1.54) is 6.08 Å². The molecule has 0 atom stereocenters. The Labute approximate surface area is 144 Å². The summed E-state index contributed by atoms with van der Waals surface area (Å²) in [4.78, 5) is 11.8. The summed E-state index contributed by atoms with van der Waals surface area (Å²) in [5.41, 5.74) is 1.59. The average molecular weight is 336 g/mol. The Hall–Kier alpha value is -3.41. The van der Waals surface area contributed by atoms with Crippen LogP contribution in [-0.2, 0) is 16.1 Å². The van der Waals surface area contributed by atoms with Crippen molar-refractivity contribution in [2.24, 2.45) is 0 Å². The van der Waals surface area contributed by atoms with E-state index in [4.69, 9.17) is 13.9 Å². The molecule has 0 spiro atoms. The quantitative estimate of drug-likeness (QED) is 0.506. The van der Waals surface area contributed by atoms with Gasteiger partial charge in [0.25, 0.3) is 5.89 Å². The van der Waals surface area contributed by atoms with E-state index in [1.807, 2.05) is 54.6 Å². The van der Waals surface area contributed by atoms with Gasteiger partial charge in [-0.1, -0.05) is 36.4 Å². The van der Waals surface area contributed by atoms with Gasteiger partial charge < -0.3 is 13.9 Å². The molecule has 0 saturated heterocycles. The highest BCUT2D eigenvalue weighted by molar-refractivity contribution is 5.87. The fourth-order valence-electron chi connectivity index (χ4n) is 2.15. The van der Waals surface area contributed by atoms with Gasteiger partial charge in [-0.25, -0.2) is 4.79 Å². The molecular formula is C19H16N2O4. The van der Waals surface area contributed by atoms with Gasteiger partial charge in [-0.3, -0.25) is 0 Å². The van der Waals surface area contributed by atoms with E-state index in [0.29, 0.717) is 11.6 Å². The molecule has 0 radical (unpaired) electrons. The highest BCUT2D eigenvalue weighted by Crippen LogP contribution is 2.19. The number of benzene rings is 2. The first-order valence-corrected chi connectivity index (χ1v) is 7.62. The Morgan fingerprint density at radius 3 is 2.64 bits per heavy atom. The van der Waals surface area contributed by atoms with E-state index in [9.17, 15) is 4.79 Å². The Balaban J connectivity index is 1.58. The number of nitrogens with zero attached hydrogens (tertiary/aromatic N) is 2. The van der Waals surface area contributed by atoms with Crippen LogP contribution in [0.2, 0.25) is 0 Å². The maximum absolute atomic E-state index is 11.8. The molecule has 1 aromatic heterocycles. The van der Waals surface area contributed by atoms with E-state index < -0.39 is 5.97 Å². The summed E-state index contributed by atoms with van der Waals surface area (Å²) in [5.74, 6) is 0.787. The third-order valence-corrected chi connectivity index (χ3v) is 3.36. The minimum absolute atomic E-state index is 0.0884. The fraction of sp³-hybridized carbons (Fsp3) is 0.105. The van der Waals surface area contributed by atoms with Crippen LogP contribution in [0.1, 0.15) is 11.5 Å². The summed E-state index contributed by atoms with van der Waals surface area (Å²) < 4.78 is 15.8. The Morgan fingerprint density at radius 2 is 1.84 bits per heavy atom. The topological polar surface area (TPSA) is 74.5 Å². The van der Waals surface area contributed by atoms with Gasteiger partial charge in [0.05, 0.1) is 7.11 Å². The van der Waals surface area contributed by atoms with Crippen molar-refractivity contribution in [3.63, 3.8) is 0 Å². The van der Waals surface area contributed by atoms with E-state index in [1.54, 1.807) is 13.2 Å². The second-order valence-electron chi connectivity index (χ2n) is 5.05. The zero-order valence-corrected chi connectivity index (χ0v) is 13.6. The normalized spacial score (nSPS) is 10.8. The molecule has 0 aliphatic rings. The number of para-hydroxylation sites is 1. The molecule has 0 bridgehead atoms. The van der Waals surface area contributed by atoms with Gasteiger partial charge in [0.2, 0.25) is 5.89 Å². The summed E-state index contributed by atoms with van der Waals surface area (Å²) >= 11 is 0. The third-order valence-electron chi connectivity index (χ3n) is 3.36. The Morgan fingerprint density at radius 1 is 1.08 bits per heavy atom. The Kier molecular flexibility index (Phi) is 5.21. The van der Waals surface area contributed by atoms with Crippen LogP contribution < -0.4 is 4.74 Å². The maximum atomic E-state index is 11.8. The van der Waals surface area contributed by atoms with Crippen molar-refractivity contribution in [1.29, 1.82) is 0 Å². The molecule has 0 aliphatic carbocycles. The predicted molar refractivity (Wildman–Crippen MR) is 91.6 cm³/mol. The minimum atomic E-state index is -0.509. The standard InChI is InChI=1S/C19H16N2O4/c1-23-16-10-6-5-7-14(16)11-12-18(22)24-13-17-20-21-19(25-17)15-8-3-2-4-9-15/h2-12H,13H2,1H3/b12-11+. The first kappa shape index (κ1) is 16.4.